The first-order chi connectivity index (χ1) is 43.0. The van der Waals surface area contributed by atoms with Gasteiger partial charge in [0.2, 0.25) is 23.6 Å². The SMILES string of the molecule is CC(=O)N[C@H]1C(OCCOCCOCCNC(=O)c2cc(NC(=O)CCCCCCCCC(=O)N3CC(C)(CO)C(C)(COC(=O)OCCC(=O)O)C3)cc(C(=O)NCCOCCOCCOC3O[C@H](CO)[C@H](O)[C@H](O)[C@H]3NC(C)=O)c2)O[C@H](CO)[C@H](O)[C@@H]1O. The van der Waals surface area contributed by atoms with Crippen LogP contribution in [-0.2, 0) is 71.3 Å². The number of carboxylic acid groups (broad SMARTS) is 1. The molecule has 1 aromatic rings. The van der Waals surface area contributed by atoms with Crippen molar-refractivity contribution >= 4 is 53.3 Å². The second kappa shape index (κ2) is 40.2. The number of unbranched alkanes of at least 4 members (excludes halogenated alkanes) is 5. The second-order valence-corrected chi connectivity index (χ2v) is 22.6. The molecule has 0 radical (unpaired) electrons. The van der Waals surface area contributed by atoms with Crippen molar-refractivity contribution in [3.8, 4) is 0 Å². The Morgan fingerprint density at radius 3 is 1.46 bits per heavy atom. The molecule has 0 bridgehead atoms. The Bertz CT molecular complexity index is 2310. The molecule has 3 aliphatic heterocycles. The first-order valence-electron chi connectivity index (χ1n) is 30.2. The fourth-order valence-electron chi connectivity index (χ4n) is 10.0. The molecule has 3 aliphatic rings. The third kappa shape index (κ3) is 25.7. The predicted octanol–water partition coefficient (Wildman–Crippen LogP) is -2.33. The van der Waals surface area contributed by atoms with E-state index in [0.29, 0.717) is 19.3 Å². The molecule has 1 aromatic carbocycles. The maximum Gasteiger partial charge on any atom is 0.508 e. The summed E-state index contributed by atoms with van der Waals surface area (Å²) >= 11 is 0. The van der Waals surface area contributed by atoms with E-state index in [-0.39, 0.29) is 160 Å². The van der Waals surface area contributed by atoms with Crippen LogP contribution in [0, 0.1) is 10.8 Å². The molecule has 4 unspecified atom stereocenters. The van der Waals surface area contributed by atoms with Crippen molar-refractivity contribution in [1.82, 2.24) is 26.2 Å². The van der Waals surface area contributed by atoms with E-state index in [4.69, 9.17) is 52.5 Å². The van der Waals surface area contributed by atoms with Crippen molar-refractivity contribution in [3.05, 3.63) is 29.3 Å². The number of hydrogen-bond donors (Lipinski definition) is 13. The van der Waals surface area contributed by atoms with Gasteiger partial charge >= 0.3 is 12.1 Å². The number of aliphatic carboxylic acids is 1. The first kappa shape index (κ1) is 76.6. The third-order valence-corrected chi connectivity index (χ3v) is 15.4. The number of carbonyl (C=O) groups is 8. The Kier molecular flexibility index (Phi) is 34.2. The maximum absolute atomic E-state index is 13.5. The smallest absolute Gasteiger partial charge is 0.481 e. The molecule has 0 spiro atoms. The number of ether oxygens (including phenoxy) is 10. The van der Waals surface area contributed by atoms with E-state index >= 15 is 0 Å². The molecule has 512 valence electrons. The summed E-state index contributed by atoms with van der Waals surface area (Å²) < 4.78 is 54.6. The summed E-state index contributed by atoms with van der Waals surface area (Å²) in [5.74, 6) is -3.69. The number of likely N-dealkylation sites (tertiary alicyclic amines) is 1. The van der Waals surface area contributed by atoms with Crippen LogP contribution in [0.1, 0.15) is 106 Å². The summed E-state index contributed by atoms with van der Waals surface area (Å²) in [4.78, 5) is 101. The Morgan fingerprint density at radius 2 is 1.00 bits per heavy atom. The lowest BCUT2D eigenvalue weighted by Crippen LogP contribution is -2.64. The quantitative estimate of drug-likeness (QED) is 0.0241. The van der Waals surface area contributed by atoms with Gasteiger partial charge in [0.25, 0.3) is 11.8 Å². The highest BCUT2D eigenvalue weighted by atomic mass is 16.7. The normalized spacial score (nSPS) is 25.7. The van der Waals surface area contributed by atoms with E-state index in [2.05, 4.69) is 26.6 Å². The van der Waals surface area contributed by atoms with E-state index in [1.54, 1.807) is 4.90 Å². The standard InChI is InChI=1S/C58H94N6O26/c1-36(68)61-46-50(76)48(74)41(30-65)89-54(46)85-25-23-83-21-19-81-17-14-59-52(78)38-27-39(53(79)60-15-18-82-20-22-84-24-26-86-55-47(62-37(2)69)51(77)49(75)42(31-66)90-55)29-40(28-38)63-43(70)11-9-7-5-6-8-10-12-44(71)64-32-57(3,34-67)58(4,33-64)35-88-56(80)87-16-13-45(72)73/h27-29,41-42,46-51,54-55,65-67,74-77H,5-26,30-35H2,1-4H3,(H,59,78)(H,60,79)(H,61,68)(H,62,69)(H,63,70)(H,72,73)/t41-,42-,46-,47-,48+,49+,50-,51-,54?,55?,57?,58?/m1/s1. The van der Waals surface area contributed by atoms with Gasteiger partial charge in [-0.05, 0) is 31.0 Å². The molecule has 0 aliphatic carbocycles. The minimum atomic E-state index is -1.46. The maximum atomic E-state index is 13.5. The number of aliphatic hydroxyl groups excluding tert-OH is 7. The number of amides is 6. The van der Waals surface area contributed by atoms with Crippen molar-refractivity contribution in [3.63, 3.8) is 0 Å². The van der Waals surface area contributed by atoms with Crippen LogP contribution >= 0.6 is 0 Å². The van der Waals surface area contributed by atoms with Gasteiger partial charge < -0.3 is 120 Å². The lowest BCUT2D eigenvalue weighted by atomic mass is 9.69. The van der Waals surface area contributed by atoms with Gasteiger partial charge in [-0.2, -0.15) is 0 Å². The number of carbonyl (C=O) groups excluding carboxylic acids is 7. The van der Waals surface area contributed by atoms with Gasteiger partial charge in [0, 0.05) is 80.5 Å². The highest BCUT2D eigenvalue weighted by Gasteiger charge is 2.54. The molecule has 12 atom stereocenters. The number of nitrogens with zero attached hydrogens (tertiary/aromatic N) is 1. The molecule has 0 saturated carbocycles. The molecule has 6 amide bonds. The highest BCUT2D eigenvalue weighted by Crippen LogP contribution is 2.46. The van der Waals surface area contributed by atoms with Gasteiger partial charge in [0.15, 0.2) is 12.6 Å². The second-order valence-electron chi connectivity index (χ2n) is 22.6. The van der Waals surface area contributed by atoms with E-state index < -0.39 is 121 Å². The molecule has 3 fully saturated rings. The summed E-state index contributed by atoms with van der Waals surface area (Å²) in [5.41, 5.74) is -1.22. The average Bonchev–Trinajstić information content (AvgIpc) is 1.73. The Morgan fingerprint density at radius 1 is 0.556 bits per heavy atom. The monoisotopic (exact) mass is 1290 g/mol. The zero-order valence-electron chi connectivity index (χ0n) is 51.7. The number of aliphatic hydroxyl groups is 7. The summed E-state index contributed by atoms with van der Waals surface area (Å²) in [7, 11) is 0. The number of rotatable bonds is 42. The zero-order chi connectivity index (χ0) is 66.2. The summed E-state index contributed by atoms with van der Waals surface area (Å²) in [6.07, 6.45) is -7.23. The summed E-state index contributed by atoms with van der Waals surface area (Å²) in [6.45, 7) is 5.43. The lowest BCUT2D eigenvalue weighted by Gasteiger charge is -2.42. The van der Waals surface area contributed by atoms with Crippen molar-refractivity contribution in [2.45, 2.75) is 147 Å². The fraction of sp³-hybridized carbons (Fsp3) is 0.759. The number of carboxylic acids is 1. The van der Waals surface area contributed by atoms with E-state index in [9.17, 15) is 74.1 Å². The van der Waals surface area contributed by atoms with Crippen LogP contribution in [0.25, 0.3) is 0 Å². The summed E-state index contributed by atoms with van der Waals surface area (Å²) in [6, 6.07) is 2.05. The molecule has 4 rings (SSSR count). The Balaban J connectivity index is 1.20. The lowest BCUT2D eigenvalue weighted by molar-refractivity contribution is -0.272. The van der Waals surface area contributed by atoms with E-state index in [1.165, 1.54) is 32.0 Å². The van der Waals surface area contributed by atoms with Gasteiger partial charge in [0.05, 0.1) is 92.3 Å². The van der Waals surface area contributed by atoms with Crippen LogP contribution < -0.4 is 26.6 Å². The summed E-state index contributed by atoms with van der Waals surface area (Å²) in [5, 5.41) is 92.6. The highest BCUT2D eigenvalue weighted by molar-refractivity contribution is 6.02. The van der Waals surface area contributed by atoms with Gasteiger partial charge in [-0.3, -0.25) is 33.6 Å². The van der Waals surface area contributed by atoms with Crippen molar-refractivity contribution in [2.75, 3.05) is 131 Å². The van der Waals surface area contributed by atoms with Gasteiger partial charge in [-0.1, -0.05) is 39.5 Å². The molecule has 3 heterocycles. The van der Waals surface area contributed by atoms with Crippen LogP contribution in [0.15, 0.2) is 18.2 Å². The van der Waals surface area contributed by atoms with Gasteiger partial charge in [-0.15, -0.1) is 0 Å². The molecular formula is C58H94N6O26. The van der Waals surface area contributed by atoms with Crippen molar-refractivity contribution in [2.24, 2.45) is 10.8 Å². The first-order valence-corrected chi connectivity index (χ1v) is 30.2. The Hall–Kier alpha value is -5.82. The van der Waals surface area contributed by atoms with Crippen LogP contribution in [-0.4, -0.2) is 280 Å². The molecule has 32 heteroatoms. The number of anilines is 1. The molecule has 32 nitrogen and oxygen atoms in total. The van der Waals surface area contributed by atoms with Crippen molar-refractivity contribution < 1.29 is 127 Å². The molecule has 13 N–H and O–H groups in total. The predicted molar refractivity (Wildman–Crippen MR) is 312 cm³/mol. The van der Waals surface area contributed by atoms with Gasteiger partial charge in [0.1, 0.15) is 61.9 Å². The number of benzene rings is 1. The van der Waals surface area contributed by atoms with E-state index in [1.807, 2.05) is 13.8 Å². The average molecular weight is 1290 g/mol. The molecule has 0 aromatic heterocycles. The van der Waals surface area contributed by atoms with Gasteiger partial charge in [-0.25, -0.2) is 4.79 Å². The minimum absolute atomic E-state index is 0.0366. The molecule has 3 saturated heterocycles. The van der Waals surface area contributed by atoms with Crippen LogP contribution in [0.2, 0.25) is 0 Å². The van der Waals surface area contributed by atoms with E-state index in [0.717, 1.165) is 19.3 Å². The topological polar surface area (TPSA) is 454 Å². The van der Waals surface area contributed by atoms with Crippen LogP contribution in [0.4, 0.5) is 10.5 Å². The number of nitrogens with one attached hydrogen (secondary N) is 5. The zero-order valence-corrected chi connectivity index (χ0v) is 51.7. The van der Waals surface area contributed by atoms with Crippen LogP contribution in [0.5, 0.6) is 0 Å². The molecule has 90 heavy (non-hydrogen) atoms. The molecular weight excluding hydrogens is 1200 g/mol. The van der Waals surface area contributed by atoms with Crippen molar-refractivity contribution in [1.29, 1.82) is 0 Å². The number of hydrogen-bond acceptors (Lipinski definition) is 25. The fourth-order valence-corrected chi connectivity index (χ4v) is 10.0. The Labute approximate surface area is 522 Å². The third-order valence-electron chi connectivity index (χ3n) is 15.4. The largest absolute Gasteiger partial charge is 0.508 e. The van der Waals surface area contributed by atoms with Crippen LogP contribution in [0.3, 0.4) is 0 Å². The minimum Gasteiger partial charge on any atom is -0.481 e.